The molecule has 6 heteroatoms. The molecule has 0 saturated carbocycles. The molecule has 5 nitrogen and oxygen atoms in total. The van der Waals surface area contributed by atoms with E-state index < -0.39 is 12.5 Å². The maximum atomic E-state index is 11.1. The molecule has 0 aromatic carbocycles. The van der Waals surface area contributed by atoms with Crippen LogP contribution in [0, 0.1) is 6.92 Å². The molecular formula is C8H7ClN2O3. The van der Waals surface area contributed by atoms with Crippen LogP contribution in [0.4, 0.5) is 0 Å². The van der Waals surface area contributed by atoms with Gasteiger partial charge < -0.3 is 9.52 Å². The number of aromatic nitrogens is 2. The van der Waals surface area contributed by atoms with Gasteiger partial charge in [0.25, 0.3) is 0 Å². The molecule has 74 valence electrons. The molecule has 0 aliphatic carbocycles. The minimum Gasteiger partial charge on any atom is -0.406 e. The van der Waals surface area contributed by atoms with Gasteiger partial charge in [-0.05, 0) is 6.92 Å². The van der Waals surface area contributed by atoms with E-state index in [2.05, 4.69) is 4.98 Å². The molecule has 0 bridgehead atoms. The molecule has 2 heterocycles. The third-order valence-electron chi connectivity index (χ3n) is 1.91. The quantitative estimate of drug-likeness (QED) is 0.766. The number of rotatable bonds is 1. The highest BCUT2D eigenvalue weighted by Crippen LogP contribution is 2.19. The van der Waals surface area contributed by atoms with Gasteiger partial charge in [-0.2, -0.15) is 0 Å². The molecule has 14 heavy (non-hydrogen) atoms. The van der Waals surface area contributed by atoms with Crippen molar-refractivity contribution < 1.29 is 9.52 Å². The topological polar surface area (TPSA) is 68.3 Å². The molecule has 0 fully saturated rings. The lowest BCUT2D eigenvalue weighted by atomic mass is 10.3. The lowest BCUT2D eigenvalue weighted by molar-refractivity contribution is 0.204. The standard InChI is InChI=1S/C8H7ClN2O3/c1-4-5(9)2-6-7(10-4)11(3-12)8(13)14-6/h2,12H,3H2,1H3. The van der Waals surface area contributed by atoms with Crippen molar-refractivity contribution >= 4 is 22.8 Å². The van der Waals surface area contributed by atoms with Crippen molar-refractivity contribution in [3.05, 3.63) is 27.3 Å². The molecule has 0 amide bonds. The summed E-state index contributed by atoms with van der Waals surface area (Å²) in [6, 6.07) is 1.51. The van der Waals surface area contributed by atoms with E-state index in [1.54, 1.807) is 6.92 Å². The van der Waals surface area contributed by atoms with E-state index in [0.29, 0.717) is 16.4 Å². The van der Waals surface area contributed by atoms with E-state index in [0.717, 1.165) is 4.57 Å². The van der Waals surface area contributed by atoms with E-state index in [1.165, 1.54) is 6.07 Å². The summed E-state index contributed by atoms with van der Waals surface area (Å²) in [5, 5.41) is 9.32. The monoisotopic (exact) mass is 214 g/mol. The number of aryl methyl sites for hydroxylation is 1. The van der Waals surface area contributed by atoms with Crippen LogP contribution >= 0.6 is 11.6 Å². The first-order valence-corrected chi connectivity index (χ1v) is 4.28. The fourth-order valence-corrected chi connectivity index (χ4v) is 1.32. The molecule has 0 radical (unpaired) electrons. The minimum absolute atomic E-state index is 0.277. The summed E-state index contributed by atoms with van der Waals surface area (Å²) in [6.45, 7) is 1.25. The Morgan fingerprint density at radius 2 is 2.43 bits per heavy atom. The molecular weight excluding hydrogens is 208 g/mol. The van der Waals surface area contributed by atoms with Crippen LogP contribution in [0.1, 0.15) is 5.69 Å². The summed E-state index contributed by atoms with van der Waals surface area (Å²) in [5.74, 6) is -0.642. The van der Waals surface area contributed by atoms with Crippen LogP contribution in [0.15, 0.2) is 15.3 Å². The number of nitrogens with zero attached hydrogens (tertiary/aromatic N) is 2. The molecule has 0 aliphatic heterocycles. The first-order valence-electron chi connectivity index (χ1n) is 3.91. The van der Waals surface area contributed by atoms with Gasteiger partial charge >= 0.3 is 5.76 Å². The Hall–Kier alpha value is -1.33. The highest BCUT2D eigenvalue weighted by Gasteiger charge is 2.11. The second-order valence-corrected chi connectivity index (χ2v) is 3.22. The first-order chi connectivity index (χ1) is 6.63. The first kappa shape index (κ1) is 9.23. The van der Waals surface area contributed by atoms with Crippen LogP contribution in [-0.4, -0.2) is 14.7 Å². The number of oxazole rings is 1. The Morgan fingerprint density at radius 3 is 3.07 bits per heavy atom. The highest BCUT2D eigenvalue weighted by atomic mass is 35.5. The predicted molar refractivity (Wildman–Crippen MR) is 50.2 cm³/mol. The molecule has 0 unspecified atom stereocenters. The van der Waals surface area contributed by atoms with Crippen molar-refractivity contribution in [1.29, 1.82) is 0 Å². The molecule has 2 aromatic heterocycles. The largest absolute Gasteiger partial charge is 0.423 e. The molecule has 1 N–H and O–H groups in total. The van der Waals surface area contributed by atoms with Crippen molar-refractivity contribution in [2.24, 2.45) is 0 Å². The van der Waals surface area contributed by atoms with Gasteiger partial charge in [0.15, 0.2) is 11.2 Å². The Kier molecular flexibility index (Phi) is 2.05. The third-order valence-corrected chi connectivity index (χ3v) is 2.29. The molecule has 0 saturated heterocycles. The molecule has 0 spiro atoms. The lowest BCUT2D eigenvalue weighted by Crippen LogP contribution is -2.14. The zero-order valence-electron chi connectivity index (χ0n) is 7.32. The number of aliphatic hydroxyl groups excluding tert-OH is 1. The Labute approximate surface area is 83.5 Å². The lowest BCUT2D eigenvalue weighted by Gasteiger charge is -1.97. The average Bonchev–Trinajstić information content (AvgIpc) is 2.42. The Morgan fingerprint density at radius 1 is 1.71 bits per heavy atom. The van der Waals surface area contributed by atoms with Crippen LogP contribution in [0.5, 0.6) is 0 Å². The minimum atomic E-state index is -0.642. The van der Waals surface area contributed by atoms with Crippen LogP contribution in [-0.2, 0) is 6.73 Å². The van der Waals surface area contributed by atoms with Gasteiger partial charge in [-0.15, -0.1) is 0 Å². The number of hydrogen-bond acceptors (Lipinski definition) is 4. The number of pyridine rings is 1. The Bertz CT molecular complexity index is 543. The second-order valence-electron chi connectivity index (χ2n) is 2.81. The summed E-state index contributed by atoms with van der Waals surface area (Å²) in [4.78, 5) is 15.2. The van der Waals surface area contributed by atoms with Crippen molar-refractivity contribution in [2.45, 2.75) is 13.7 Å². The summed E-state index contributed by atoms with van der Waals surface area (Å²) in [7, 11) is 0. The fraction of sp³-hybridized carbons (Fsp3) is 0.250. The number of halogens is 1. The SMILES string of the molecule is Cc1nc2c(cc1Cl)oc(=O)n2CO. The van der Waals surface area contributed by atoms with E-state index in [9.17, 15) is 4.79 Å². The molecule has 2 rings (SSSR count). The summed E-state index contributed by atoms with van der Waals surface area (Å²) in [5.41, 5.74) is 1.17. The molecule has 0 atom stereocenters. The average molecular weight is 215 g/mol. The van der Waals surface area contributed by atoms with E-state index in [4.69, 9.17) is 21.1 Å². The van der Waals surface area contributed by atoms with Crippen LogP contribution in [0.3, 0.4) is 0 Å². The Balaban J connectivity index is 2.89. The summed E-state index contributed by atoms with van der Waals surface area (Å²) >= 11 is 5.80. The smallest absolute Gasteiger partial charge is 0.406 e. The van der Waals surface area contributed by atoms with Gasteiger partial charge in [-0.25, -0.2) is 14.3 Å². The molecule has 2 aromatic rings. The van der Waals surface area contributed by atoms with Gasteiger partial charge in [0.1, 0.15) is 6.73 Å². The van der Waals surface area contributed by atoms with E-state index in [-0.39, 0.29) is 5.58 Å². The number of hydrogen-bond donors (Lipinski definition) is 1. The second kappa shape index (κ2) is 3.11. The van der Waals surface area contributed by atoms with Crippen LogP contribution < -0.4 is 5.76 Å². The maximum absolute atomic E-state index is 11.1. The maximum Gasteiger partial charge on any atom is 0.423 e. The van der Waals surface area contributed by atoms with Gasteiger partial charge in [0.05, 0.1) is 10.7 Å². The number of aliphatic hydroxyl groups is 1. The van der Waals surface area contributed by atoms with Crippen molar-refractivity contribution in [2.75, 3.05) is 0 Å². The van der Waals surface area contributed by atoms with Crippen LogP contribution in [0.25, 0.3) is 11.2 Å². The van der Waals surface area contributed by atoms with E-state index >= 15 is 0 Å². The zero-order chi connectivity index (χ0) is 10.3. The highest BCUT2D eigenvalue weighted by molar-refractivity contribution is 6.31. The van der Waals surface area contributed by atoms with Gasteiger partial charge in [0.2, 0.25) is 0 Å². The normalized spacial score (nSPS) is 11.1. The van der Waals surface area contributed by atoms with Crippen molar-refractivity contribution in [3.8, 4) is 0 Å². The summed E-state index contributed by atoms with van der Waals surface area (Å²) in [6.07, 6.45) is 0. The summed E-state index contributed by atoms with van der Waals surface area (Å²) < 4.78 is 5.85. The van der Waals surface area contributed by atoms with Crippen LogP contribution in [0.2, 0.25) is 5.02 Å². The van der Waals surface area contributed by atoms with Crippen molar-refractivity contribution in [3.63, 3.8) is 0 Å². The van der Waals surface area contributed by atoms with Gasteiger partial charge in [0, 0.05) is 6.07 Å². The van der Waals surface area contributed by atoms with Gasteiger partial charge in [-0.3, -0.25) is 0 Å². The predicted octanol–water partition coefficient (Wildman–Crippen LogP) is 0.901. The number of fused-ring (bicyclic) bond motifs is 1. The third kappa shape index (κ3) is 1.21. The van der Waals surface area contributed by atoms with E-state index in [1.807, 2.05) is 0 Å². The van der Waals surface area contributed by atoms with Gasteiger partial charge in [-0.1, -0.05) is 11.6 Å². The zero-order valence-corrected chi connectivity index (χ0v) is 8.08. The molecule has 0 aliphatic rings. The van der Waals surface area contributed by atoms with Crippen molar-refractivity contribution in [1.82, 2.24) is 9.55 Å². The fourth-order valence-electron chi connectivity index (χ4n) is 1.18.